The largest absolute Gasteiger partial charge is 0.459 e. The lowest BCUT2D eigenvalue weighted by atomic mass is 10.2. The Balaban J connectivity index is 2.63. The summed E-state index contributed by atoms with van der Waals surface area (Å²) in [4.78, 5) is 11.5. The van der Waals surface area contributed by atoms with E-state index in [9.17, 15) is 4.79 Å². The third-order valence-electron chi connectivity index (χ3n) is 1.84. The Morgan fingerprint density at radius 3 is 2.60 bits per heavy atom. The summed E-state index contributed by atoms with van der Waals surface area (Å²) in [5, 5.41) is 3.98. The highest BCUT2D eigenvalue weighted by Crippen LogP contribution is 2.11. The summed E-state index contributed by atoms with van der Waals surface area (Å²) < 4.78 is 6.70. The summed E-state index contributed by atoms with van der Waals surface area (Å²) >= 11 is 0. The summed E-state index contributed by atoms with van der Waals surface area (Å²) in [6, 6.07) is 0. The molecule has 0 aliphatic carbocycles. The van der Waals surface area contributed by atoms with Crippen LogP contribution in [-0.4, -0.2) is 21.4 Å². The van der Waals surface area contributed by atoms with E-state index < -0.39 is 5.60 Å². The zero-order valence-electron chi connectivity index (χ0n) is 9.57. The number of nitrogens with two attached hydrogens (primary N) is 1. The molecule has 15 heavy (non-hydrogen) atoms. The molecule has 1 heterocycles. The van der Waals surface area contributed by atoms with Crippen LogP contribution in [0, 0.1) is 6.92 Å². The highest BCUT2D eigenvalue weighted by molar-refractivity contribution is 5.69. The molecule has 1 rings (SSSR count). The quantitative estimate of drug-likeness (QED) is 0.744. The van der Waals surface area contributed by atoms with Gasteiger partial charge in [0.15, 0.2) is 0 Å². The van der Waals surface area contributed by atoms with Gasteiger partial charge in [0, 0.05) is 0 Å². The SMILES string of the molecule is Cc1c(N)cnn1CC(=O)OC(C)(C)C. The van der Waals surface area contributed by atoms with Gasteiger partial charge in [-0.1, -0.05) is 0 Å². The molecule has 0 bridgehead atoms. The first-order chi connectivity index (χ1) is 6.79. The monoisotopic (exact) mass is 211 g/mol. The van der Waals surface area contributed by atoms with Gasteiger partial charge in [-0.05, 0) is 27.7 Å². The van der Waals surface area contributed by atoms with E-state index in [0.29, 0.717) is 5.69 Å². The molecule has 0 aromatic carbocycles. The molecule has 5 nitrogen and oxygen atoms in total. The van der Waals surface area contributed by atoms with Crippen LogP contribution >= 0.6 is 0 Å². The first kappa shape index (κ1) is 11.6. The Bertz CT molecular complexity index is 363. The van der Waals surface area contributed by atoms with Crippen molar-refractivity contribution in [3.63, 3.8) is 0 Å². The number of aromatic nitrogens is 2. The van der Waals surface area contributed by atoms with Crippen LogP contribution in [0.15, 0.2) is 6.20 Å². The molecule has 0 atom stereocenters. The predicted molar refractivity (Wildman–Crippen MR) is 57.2 cm³/mol. The van der Waals surface area contributed by atoms with E-state index in [0.717, 1.165) is 5.69 Å². The fourth-order valence-corrected chi connectivity index (χ4v) is 1.12. The van der Waals surface area contributed by atoms with Crippen molar-refractivity contribution in [2.75, 3.05) is 5.73 Å². The minimum Gasteiger partial charge on any atom is -0.459 e. The number of hydrogen-bond donors (Lipinski definition) is 1. The smallest absolute Gasteiger partial charge is 0.328 e. The summed E-state index contributed by atoms with van der Waals surface area (Å²) in [7, 11) is 0. The van der Waals surface area contributed by atoms with E-state index in [4.69, 9.17) is 10.5 Å². The van der Waals surface area contributed by atoms with Gasteiger partial charge in [-0.25, -0.2) is 0 Å². The van der Waals surface area contributed by atoms with E-state index in [1.54, 1.807) is 0 Å². The molecule has 0 aliphatic heterocycles. The van der Waals surface area contributed by atoms with Gasteiger partial charge in [0.1, 0.15) is 12.1 Å². The zero-order valence-corrected chi connectivity index (χ0v) is 9.57. The number of carbonyl (C=O) groups is 1. The maximum Gasteiger partial charge on any atom is 0.328 e. The lowest BCUT2D eigenvalue weighted by Crippen LogP contribution is -2.27. The van der Waals surface area contributed by atoms with Crippen LogP contribution in [0.2, 0.25) is 0 Å². The molecule has 0 radical (unpaired) electrons. The van der Waals surface area contributed by atoms with E-state index in [2.05, 4.69) is 5.10 Å². The molecule has 0 aliphatic rings. The number of nitrogens with zero attached hydrogens (tertiary/aromatic N) is 2. The lowest BCUT2D eigenvalue weighted by molar-refractivity contribution is -0.155. The van der Waals surface area contributed by atoms with Crippen molar-refractivity contribution in [1.82, 2.24) is 9.78 Å². The number of anilines is 1. The molecule has 0 unspecified atom stereocenters. The van der Waals surface area contributed by atoms with E-state index in [1.807, 2.05) is 27.7 Å². The average molecular weight is 211 g/mol. The number of carbonyl (C=O) groups excluding carboxylic acids is 1. The highest BCUT2D eigenvalue weighted by Gasteiger charge is 2.17. The molecule has 0 spiro atoms. The minimum atomic E-state index is -0.469. The molecule has 5 heteroatoms. The number of ether oxygens (including phenoxy) is 1. The number of nitrogen functional groups attached to an aromatic ring is 1. The maximum atomic E-state index is 11.5. The van der Waals surface area contributed by atoms with Crippen molar-refractivity contribution >= 4 is 11.7 Å². The van der Waals surface area contributed by atoms with Gasteiger partial charge in [-0.3, -0.25) is 9.48 Å². The average Bonchev–Trinajstić information content (AvgIpc) is 2.32. The molecular formula is C10H17N3O2. The van der Waals surface area contributed by atoms with Crippen molar-refractivity contribution in [2.45, 2.75) is 39.8 Å². The third kappa shape index (κ3) is 3.27. The number of hydrogen-bond acceptors (Lipinski definition) is 4. The lowest BCUT2D eigenvalue weighted by Gasteiger charge is -2.19. The van der Waals surface area contributed by atoms with Gasteiger partial charge in [0.05, 0.1) is 17.6 Å². The van der Waals surface area contributed by atoms with Crippen molar-refractivity contribution in [2.24, 2.45) is 0 Å². The topological polar surface area (TPSA) is 70.1 Å². The van der Waals surface area contributed by atoms with Gasteiger partial charge in [0.2, 0.25) is 0 Å². The summed E-state index contributed by atoms with van der Waals surface area (Å²) in [5.74, 6) is -0.311. The van der Waals surface area contributed by atoms with E-state index >= 15 is 0 Å². The fraction of sp³-hybridized carbons (Fsp3) is 0.600. The van der Waals surface area contributed by atoms with E-state index in [-0.39, 0.29) is 12.5 Å². The fourth-order valence-electron chi connectivity index (χ4n) is 1.12. The van der Waals surface area contributed by atoms with Crippen LogP contribution < -0.4 is 5.73 Å². The van der Waals surface area contributed by atoms with Crippen LogP contribution in [0.25, 0.3) is 0 Å². The molecule has 0 fully saturated rings. The second kappa shape index (κ2) is 3.92. The van der Waals surface area contributed by atoms with Crippen molar-refractivity contribution in [3.8, 4) is 0 Å². The van der Waals surface area contributed by atoms with Gasteiger partial charge < -0.3 is 10.5 Å². The molecule has 0 saturated carbocycles. The predicted octanol–water partition coefficient (Wildman–Crippen LogP) is 1.12. The van der Waals surface area contributed by atoms with Crippen LogP contribution in [0.3, 0.4) is 0 Å². The van der Waals surface area contributed by atoms with Crippen LogP contribution in [0.1, 0.15) is 26.5 Å². The Morgan fingerprint density at radius 1 is 1.60 bits per heavy atom. The van der Waals surface area contributed by atoms with Gasteiger partial charge in [-0.2, -0.15) is 5.10 Å². The maximum absolute atomic E-state index is 11.5. The van der Waals surface area contributed by atoms with Gasteiger partial charge in [0.25, 0.3) is 0 Å². The van der Waals surface area contributed by atoms with E-state index in [1.165, 1.54) is 10.9 Å². The van der Waals surface area contributed by atoms with Gasteiger partial charge in [-0.15, -0.1) is 0 Å². The highest BCUT2D eigenvalue weighted by atomic mass is 16.6. The molecule has 2 N–H and O–H groups in total. The Morgan fingerprint density at radius 2 is 2.20 bits per heavy atom. The standard InChI is InChI=1S/C10H17N3O2/c1-7-8(11)5-12-13(7)6-9(14)15-10(2,3)4/h5H,6,11H2,1-4H3. The molecular weight excluding hydrogens is 194 g/mol. The van der Waals surface area contributed by atoms with Crippen molar-refractivity contribution in [3.05, 3.63) is 11.9 Å². The number of rotatable bonds is 2. The van der Waals surface area contributed by atoms with Gasteiger partial charge >= 0.3 is 5.97 Å². The second-order valence-corrected chi connectivity index (χ2v) is 4.43. The number of esters is 1. The first-order valence-corrected chi connectivity index (χ1v) is 4.79. The van der Waals surface area contributed by atoms with Crippen molar-refractivity contribution in [1.29, 1.82) is 0 Å². The Kier molecular flexibility index (Phi) is 3.02. The van der Waals surface area contributed by atoms with Crippen LogP contribution in [-0.2, 0) is 16.1 Å². The van der Waals surface area contributed by atoms with Crippen molar-refractivity contribution < 1.29 is 9.53 Å². The summed E-state index contributed by atoms with van der Waals surface area (Å²) in [5.41, 5.74) is 6.50. The molecule has 84 valence electrons. The van der Waals surface area contributed by atoms with Crippen LogP contribution in [0.5, 0.6) is 0 Å². The summed E-state index contributed by atoms with van der Waals surface area (Å²) in [6.45, 7) is 7.40. The normalized spacial score (nSPS) is 11.5. The third-order valence-corrected chi connectivity index (χ3v) is 1.84. The second-order valence-electron chi connectivity index (χ2n) is 4.43. The molecule has 0 saturated heterocycles. The Labute approximate surface area is 89.2 Å². The Hall–Kier alpha value is -1.52. The zero-order chi connectivity index (χ0) is 11.6. The minimum absolute atomic E-state index is 0.0975. The molecule has 1 aromatic heterocycles. The summed E-state index contributed by atoms with van der Waals surface area (Å²) in [6.07, 6.45) is 1.53. The van der Waals surface area contributed by atoms with Crippen LogP contribution in [0.4, 0.5) is 5.69 Å². The molecule has 0 amide bonds. The molecule has 1 aromatic rings. The first-order valence-electron chi connectivity index (χ1n) is 4.79.